The highest BCUT2D eigenvalue weighted by molar-refractivity contribution is 5.82. The molecule has 3 heteroatoms. The van der Waals surface area contributed by atoms with E-state index in [4.69, 9.17) is 9.84 Å². The maximum absolute atomic E-state index is 10.6. The van der Waals surface area contributed by atoms with E-state index in [0.717, 1.165) is 23.3 Å². The van der Waals surface area contributed by atoms with Crippen molar-refractivity contribution in [2.45, 2.75) is 25.9 Å². The highest BCUT2D eigenvalue weighted by Gasteiger charge is 2.02. The molecule has 0 spiro atoms. The summed E-state index contributed by atoms with van der Waals surface area (Å²) in [6, 6.07) is 22.5. The number of fused-ring (bicyclic) bond motifs is 1. The van der Waals surface area contributed by atoms with Crippen molar-refractivity contribution < 1.29 is 14.6 Å². The van der Waals surface area contributed by atoms with Crippen LogP contribution in [0.15, 0.2) is 66.7 Å². The summed E-state index contributed by atoms with van der Waals surface area (Å²) < 4.78 is 5.89. The van der Waals surface area contributed by atoms with Gasteiger partial charge in [0.2, 0.25) is 0 Å². The van der Waals surface area contributed by atoms with Gasteiger partial charge in [0.05, 0.1) is 0 Å². The highest BCUT2D eigenvalue weighted by Crippen LogP contribution is 2.19. The van der Waals surface area contributed by atoms with E-state index in [1.165, 1.54) is 10.8 Å². The van der Waals surface area contributed by atoms with Crippen LogP contribution >= 0.6 is 0 Å². The first kappa shape index (κ1) is 16.1. The molecular formula is C21H20O3. The Morgan fingerprint density at radius 3 is 2.54 bits per heavy atom. The molecule has 0 atom stereocenters. The van der Waals surface area contributed by atoms with Crippen LogP contribution in [0.3, 0.4) is 0 Å². The van der Waals surface area contributed by atoms with Crippen LogP contribution in [0.25, 0.3) is 10.8 Å². The second-order valence-electron chi connectivity index (χ2n) is 5.86. The molecule has 0 radical (unpaired) electrons. The van der Waals surface area contributed by atoms with E-state index in [-0.39, 0.29) is 6.42 Å². The molecule has 0 aliphatic carbocycles. The van der Waals surface area contributed by atoms with Gasteiger partial charge in [-0.2, -0.15) is 0 Å². The predicted molar refractivity (Wildman–Crippen MR) is 95.3 cm³/mol. The average Bonchev–Trinajstić information content (AvgIpc) is 2.60. The summed E-state index contributed by atoms with van der Waals surface area (Å²) in [4.78, 5) is 10.6. The molecule has 0 fully saturated rings. The predicted octanol–water partition coefficient (Wildman–Crippen LogP) is 4.83. The molecule has 122 valence electrons. The summed E-state index contributed by atoms with van der Waals surface area (Å²) in [6.45, 7) is 0.517. The Hall–Kier alpha value is -2.81. The van der Waals surface area contributed by atoms with Crippen LogP contribution in [0.4, 0.5) is 0 Å². The fourth-order valence-electron chi connectivity index (χ4n) is 2.73. The molecule has 3 aromatic rings. The standard InChI is InChI=1S/C21H20O3/c22-21(23)10-4-6-16-5-3-9-20(14-16)24-15-17-11-12-18-7-1-2-8-19(18)13-17/h1-3,5,7-9,11-14H,4,6,10,15H2,(H,22,23). The Labute approximate surface area is 141 Å². The minimum absolute atomic E-state index is 0.197. The van der Waals surface area contributed by atoms with Crippen LogP contribution < -0.4 is 4.74 Å². The number of carbonyl (C=O) groups is 1. The van der Waals surface area contributed by atoms with Crippen LogP contribution in [-0.2, 0) is 17.8 Å². The van der Waals surface area contributed by atoms with Gasteiger partial charge in [0.25, 0.3) is 0 Å². The van der Waals surface area contributed by atoms with Gasteiger partial charge in [0, 0.05) is 6.42 Å². The molecule has 0 aliphatic heterocycles. The van der Waals surface area contributed by atoms with Gasteiger partial charge in [-0.05, 0) is 52.9 Å². The summed E-state index contributed by atoms with van der Waals surface area (Å²) in [7, 11) is 0. The maximum Gasteiger partial charge on any atom is 0.303 e. The van der Waals surface area contributed by atoms with Crippen molar-refractivity contribution in [2.24, 2.45) is 0 Å². The van der Waals surface area contributed by atoms with Gasteiger partial charge in [0.1, 0.15) is 12.4 Å². The SMILES string of the molecule is O=C(O)CCCc1cccc(OCc2ccc3ccccc3c2)c1. The third-order valence-electron chi connectivity index (χ3n) is 3.97. The Bertz CT molecular complexity index is 839. The Morgan fingerprint density at radius 2 is 1.71 bits per heavy atom. The van der Waals surface area contributed by atoms with Crippen molar-refractivity contribution in [3.05, 3.63) is 77.9 Å². The molecule has 0 aromatic heterocycles. The largest absolute Gasteiger partial charge is 0.489 e. The van der Waals surface area contributed by atoms with E-state index >= 15 is 0 Å². The molecule has 3 aromatic carbocycles. The van der Waals surface area contributed by atoms with Crippen LogP contribution in [-0.4, -0.2) is 11.1 Å². The first-order valence-corrected chi connectivity index (χ1v) is 8.12. The molecule has 0 saturated heterocycles. The average molecular weight is 320 g/mol. The highest BCUT2D eigenvalue weighted by atomic mass is 16.5. The summed E-state index contributed by atoms with van der Waals surface area (Å²) in [6.07, 6.45) is 1.59. The van der Waals surface area contributed by atoms with E-state index in [9.17, 15) is 4.79 Å². The van der Waals surface area contributed by atoms with E-state index < -0.39 is 5.97 Å². The van der Waals surface area contributed by atoms with Crippen LogP contribution in [0, 0.1) is 0 Å². The topological polar surface area (TPSA) is 46.5 Å². The van der Waals surface area contributed by atoms with E-state index in [1.54, 1.807) is 0 Å². The van der Waals surface area contributed by atoms with E-state index in [0.29, 0.717) is 13.0 Å². The van der Waals surface area contributed by atoms with Crippen molar-refractivity contribution in [2.75, 3.05) is 0 Å². The van der Waals surface area contributed by atoms with Gasteiger partial charge in [-0.15, -0.1) is 0 Å². The summed E-state index contributed by atoms with van der Waals surface area (Å²) in [5.41, 5.74) is 2.23. The number of hydrogen-bond donors (Lipinski definition) is 1. The fraction of sp³-hybridized carbons (Fsp3) is 0.190. The van der Waals surface area contributed by atoms with Crippen molar-refractivity contribution >= 4 is 16.7 Å². The summed E-state index contributed by atoms with van der Waals surface area (Å²) in [5, 5.41) is 11.1. The zero-order valence-corrected chi connectivity index (χ0v) is 13.4. The van der Waals surface area contributed by atoms with Crippen molar-refractivity contribution in [1.82, 2.24) is 0 Å². The lowest BCUT2D eigenvalue weighted by Crippen LogP contribution is -1.98. The van der Waals surface area contributed by atoms with Crippen LogP contribution in [0.5, 0.6) is 5.75 Å². The van der Waals surface area contributed by atoms with Crippen molar-refractivity contribution in [1.29, 1.82) is 0 Å². The molecule has 3 rings (SSSR count). The third kappa shape index (κ3) is 4.35. The van der Waals surface area contributed by atoms with Crippen LogP contribution in [0.2, 0.25) is 0 Å². The van der Waals surface area contributed by atoms with Gasteiger partial charge in [-0.25, -0.2) is 0 Å². The number of aryl methyl sites for hydroxylation is 1. The van der Waals surface area contributed by atoms with Gasteiger partial charge < -0.3 is 9.84 Å². The third-order valence-corrected chi connectivity index (χ3v) is 3.97. The van der Waals surface area contributed by atoms with E-state index in [1.807, 2.05) is 36.4 Å². The molecule has 24 heavy (non-hydrogen) atoms. The monoisotopic (exact) mass is 320 g/mol. The zero-order valence-electron chi connectivity index (χ0n) is 13.4. The number of hydrogen-bond acceptors (Lipinski definition) is 2. The van der Waals surface area contributed by atoms with Crippen molar-refractivity contribution in [3.63, 3.8) is 0 Å². The molecule has 0 heterocycles. The van der Waals surface area contributed by atoms with Gasteiger partial charge in [-0.3, -0.25) is 4.79 Å². The molecule has 3 nitrogen and oxygen atoms in total. The van der Waals surface area contributed by atoms with Gasteiger partial charge in [0.15, 0.2) is 0 Å². The second kappa shape index (κ2) is 7.64. The van der Waals surface area contributed by atoms with E-state index in [2.05, 4.69) is 30.3 Å². The molecule has 1 N–H and O–H groups in total. The first-order chi connectivity index (χ1) is 11.7. The minimum Gasteiger partial charge on any atom is -0.489 e. The smallest absolute Gasteiger partial charge is 0.303 e. The first-order valence-electron chi connectivity index (χ1n) is 8.12. The lowest BCUT2D eigenvalue weighted by molar-refractivity contribution is -0.137. The van der Waals surface area contributed by atoms with Crippen molar-refractivity contribution in [3.8, 4) is 5.75 Å². The molecule has 0 unspecified atom stereocenters. The Kier molecular flexibility index (Phi) is 5.12. The molecule has 0 amide bonds. The normalized spacial score (nSPS) is 10.7. The number of benzene rings is 3. The zero-order chi connectivity index (χ0) is 16.8. The molecule has 0 bridgehead atoms. The number of carboxylic acid groups (broad SMARTS) is 1. The molecule has 0 saturated carbocycles. The van der Waals surface area contributed by atoms with Gasteiger partial charge in [-0.1, -0.05) is 48.5 Å². The Morgan fingerprint density at radius 1 is 0.875 bits per heavy atom. The molecular weight excluding hydrogens is 300 g/mol. The van der Waals surface area contributed by atoms with Crippen LogP contribution in [0.1, 0.15) is 24.0 Å². The summed E-state index contributed by atoms with van der Waals surface area (Å²) >= 11 is 0. The summed E-state index contributed by atoms with van der Waals surface area (Å²) in [5.74, 6) is 0.0645. The second-order valence-corrected chi connectivity index (χ2v) is 5.86. The number of ether oxygens (including phenoxy) is 1. The quantitative estimate of drug-likeness (QED) is 0.678. The fourth-order valence-corrected chi connectivity index (χ4v) is 2.73. The Balaban J connectivity index is 1.61. The molecule has 0 aliphatic rings. The maximum atomic E-state index is 10.6. The van der Waals surface area contributed by atoms with Gasteiger partial charge >= 0.3 is 5.97 Å². The number of carboxylic acids is 1. The minimum atomic E-state index is -0.751. The number of rotatable bonds is 7. The lowest BCUT2D eigenvalue weighted by atomic mass is 10.1. The number of aliphatic carboxylic acids is 1. The lowest BCUT2D eigenvalue weighted by Gasteiger charge is -2.09.